The molecule has 2 heterocycles. The molecule has 0 aromatic carbocycles. The molecule has 1 atom stereocenters. The van der Waals surface area contributed by atoms with Crippen LogP contribution in [0.1, 0.15) is 24.2 Å². The summed E-state index contributed by atoms with van der Waals surface area (Å²) in [5.74, 6) is 0. The summed E-state index contributed by atoms with van der Waals surface area (Å²) in [6.45, 7) is 4.03. The molecule has 1 aromatic heterocycles. The predicted octanol–water partition coefficient (Wildman–Crippen LogP) is 2.74. The van der Waals surface area contributed by atoms with E-state index in [-0.39, 0.29) is 0 Å². The van der Waals surface area contributed by atoms with E-state index in [0.29, 0.717) is 6.04 Å². The van der Waals surface area contributed by atoms with Crippen LogP contribution in [0.2, 0.25) is 5.02 Å². The van der Waals surface area contributed by atoms with E-state index in [4.69, 9.17) is 11.6 Å². The smallest absolute Gasteiger partial charge is 0.0860 e. The minimum atomic E-state index is 0.645. The summed E-state index contributed by atoms with van der Waals surface area (Å²) in [6, 6.07) is 0.645. The zero-order valence-electron chi connectivity index (χ0n) is 9.71. The van der Waals surface area contributed by atoms with Crippen LogP contribution in [0.4, 0.5) is 0 Å². The third kappa shape index (κ3) is 2.29. The molecule has 0 bridgehead atoms. The van der Waals surface area contributed by atoms with Gasteiger partial charge in [-0.05, 0) is 26.3 Å². The molecule has 3 nitrogen and oxygen atoms in total. The lowest BCUT2D eigenvalue weighted by atomic mass is 10.2. The lowest BCUT2D eigenvalue weighted by Gasteiger charge is -2.22. The fourth-order valence-electron chi connectivity index (χ4n) is 2.32. The first-order valence-corrected chi connectivity index (χ1v) is 7.11. The fraction of sp³-hybridized carbons (Fsp3) is 0.727. The van der Waals surface area contributed by atoms with Crippen molar-refractivity contribution in [1.29, 1.82) is 0 Å². The number of hydrogen-bond donors (Lipinski definition) is 0. The third-order valence-electron chi connectivity index (χ3n) is 3.29. The minimum Gasteiger partial charge on any atom is -0.294 e. The molecular formula is C11H17BrClN3. The van der Waals surface area contributed by atoms with Crippen LogP contribution >= 0.6 is 27.5 Å². The van der Waals surface area contributed by atoms with Crippen LogP contribution in [0, 0.1) is 6.92 Å². The maximum atomic E-state index is 6.26. The maximum absolute atomic E-state index is 6.26. The molecule has 2 rings (SSSR count). The van der Waals surface area contributed by atoms with Gasteiger partial charge in [0.1, 0.15) is 0 Å². The quantitative estimate of drug-likeness (QED) is 0.801. The molecule has 1 saturated heterocycles. The Hall–Kier alpha value is -0.0600. The number of alkyl halides is 1. The molecule has 0 N–H and O–H groups in total. The van der Waals surface area contributed by atoms with E-state index in [1.165, 1.54) is 12.8 Å². The Morgan fingerprint density at radius 1 is 1.56 bits per heavy atom. The van der Waals surface area contributed by atoms with E-state index in [2.05, 4.69) is 25.9 Å². The van der Waals surface area contributed by atoms with Gasteiger partial charge in [-0.2, -0.15) is 5.10 Å². The van der Waals surface area contributed by atoms with E-state index < -0.39 is 0 Å². The first-order valence-electron chi connectivity index (χ1n) is 5.61. The lowest BCUT2D eigenvalue weighted by molar-refractivity contribution is 0.258. The number of likely N-dealkylation sites (tertiary alicyclic amines) is 1. The molecule has 1 aliphatic heterocycles. The fourth-order valence-corrected chi connectivity index (χ4v) is 3.28. The summed E-state index contributed by atoms with van der Waals surface area (Å²) in [5.41, 5.74) is 2.06. The van der Waals surface area contributed by atoms with Crippen molar-refractivity contribution < 1.29 is 0 Å². The highest BCUT2D eigenvalue weighted by Crippen LogP contribution is 2.26. The number of aromatic nitrogens is 2. The number of rotatable bonds is 3. The van der Waals surface area contributed by atoms with Crippen molar-refractivity contribution in [2.24, 2.45) is 7.05 Å². The van der Waals surface area contributed by atoms with Crippen LogP contribution in [0.25, 0.3) is 0 Å². The highest BCUT2D eigenvalue weighted by atomic mass is 79.9. The van der Waals surface area contributed by atoms with Gasteiger partial charge in [0.15, 0.2) is 0 Å². The molecule has 1 aromatic rings. The Morgan fingerprint density at radius 3 is 2.88 bits per heavy atom. The summed E-state index contributed by atoms with van der Waals surface area (Å²) in [7, 11) is 1.97. The monoisotopic (exact) mass is 305 g/mol. The van der Waals surface area contributed by atoms with Crippen molar-refractivity contribution in [3.8, 4) is 0 Å². The van der Waals surface area contributed by atoms with E-state index >= 15 is 0 Å². The van der Waals surface area contributed by atoms with Gasteiger partial charge in [0.2, 0.25) is 0 Å². The van der Waals surface area contributed by atoms with Crippen LogP contribution in [0.3, 0.4) is 0 Å². The molecule has 0 aliphatic carbocycles. The van der Waals surface area contributed by atoms with Crippen molar-refractivity contribution in [2.75, 3.05) is 11.9 Å². The van der Waals surface area contributed by atoms with E-state index in [9.17, 15) is 0 Å². The van der Waals surface area contributed by atoms with Gasteiger partial charge in [-0.15, -0.1) is 0 Å². The molecular weight excluding hydrogens is 289 g/mol. The molecule has 1 fully saturated rings. The maximum Gasteiger partial charge on any atom is 0.0860 e. The second-order valence-electron chi connectivity index (χ2n) is 4.39. The topological polar surface area (TPSA) is 21.1 Å². The van der Waals surface area contributed by atoms with Crippen LogP contribution in [-0.4, -0.2) is 32.6 Å². The molecule has 90 valence electrons. The summed E-state index contributed by atoms with van der Waals surface area (Å²) in [5, 5.41) is 6.21. The van der Waals surface area contributed by atoms with Crippen molar-refractivity contribution in [3.05, 3.63) is 16.4 Å². The van der Waals surface area contributed by atoms with Crippen LogP contribution in [-0.2, 0) is 13.6 Å². The number of halogens is 2. The predicted molar refractivity (Wildman–Crippen MR) is 70.2 cm³/mol. The highest BCUT2D eigenvalue weighted by molar-refractivity contribution is 9.09. The van der Waals surface area contributed by atoms with E-state index in [1.807, 2.05) is 18.7 Å². The number of aryl methyl sites for hydroxylation is 2. The Balaban J connectivity index is 2.14. The summed E-state index contributed by atoms with van der Waals surface area (Å²) in [4.78, 5) is 2.48. The summed E-state index contributed by atoms with van der Waals surface area (Å²) in [6.07, 6.45) is 2.56. The molecule has 0 amide bonds. The molecule has 5 heteroatoms. The average Bonchev–Trinajstić information content (AvgIpc) is 2.79. The molecule has 0 radical (unpaired) electrons. The van der Waals surface area contributed by atoms with E-state index in [0.717, 1.165) is 34.8 Å². The first-order chi connectivity index (χ1) is 7.63. The Bertz CT molecular complexity index is 378. The lowest BCUT2D eigenvalue weighted by Crippen LogP contribution is -2.30. The SMILES string of the molecule is Cc1nn(C)c(CN2CCCC2CBr)c1Cl. The number of hydrogen-bond acceptors (Lipinski definition) is 2. The average molecular weight is 307 g/mol. The van der Waals surface area contributed by atoms with Gasteiger partial charge in [-0.25, -0.2) is 0 Å². The van der Waals surface area contributed by atoms with Gasteiger partial charge in [0.25, 0.3) is 0 Å². The van der Waals surface area contributed by atoms with Gasteiger partial charge < -0.3 is 0 Å². The molecule has 1 aliphatic rings. The van der Waals surface area contributed by atoms with Gasteiger partial charge in [-0.3, -0.25) is 9.58 Å². The summed E-state index contributed by atoms with van der Waals surface area (Å²) >= 11 is 9.84. The van der Waals surface area contributed by atoms with Crippen LogP contribution < -0.4 is 0 Å². The van der Waals surface area contributed by atoms with Gasteiger partial charge in [-0.1, -0.05) is 27.5 Å². The Kier molecular flexibility index (Phi) is 3.93. The largest absolute Gasteiger partial charge is 0.294 e. The molecule has 1 unspecified atom stereocenters. The van der Waals surface area contributed by atoms with Crippen LogP contribution in [0.15, 0.2) is 0 Å². The van der Waals surface area contributed by atoms with Gasteiger partial charge in [0, 0.05) is 25.0 Å². The van der Waals surface area contributed by atoms with Gasteiger partial charge >= 0.3 is 0 Å². The van der Waals surface area contributed by atoms with Crippen molar-refractivity contribution in [3.63, 3.8) is 0 Å². The highest BCUT2D eigenvalue weighted by Gasteiger charge is 2.25. The second kappa shape index (κ2) is 5.07. The van der Waals surface area contributed by atoms with Crippen molar-refractivity contribution >= 4 is 27.5 Å². The second-order valence-corrected chi connectivity index (χ2v) is 5.42. The van der Waals surface area contributed by atoms with E-state index in [1.54, 1.807) is 0 Å². The Labute approximate surface area is 110 Å². The van der Waals surface area contributed by atoms with Crippen molar-refractivity contribution in [1.82, 2.24) is 14.7 Å². The zero-order chi connectivity index (χ0) is 11.7. The number of nitrogens with zero attached hydrogens (tertiary/aromatic N) is 3. The van der Waals surface area contributed by atoms with Crippen LogP contribution in [0.5, 0.6) is 0 Å². The summed E-state index contributed by atoms with van der Waals surface area (Å²) < 4.78 is 1.90. The van der Waals surface area contributed by atoms with Gasteiger partial charge in [0.05, 0.1) is 16.4 Å². The minimum absolute atomic E-state index is 0.645. The normalized spacial score (nSPS) is 21.9. The molecule has 0 spiro atoms. The third-order valence-corrected chi connectivity index (χ3v) is 4.53. The standard InChI is InChI=1S/C11H17BrClN3/c1-8-11(13)10(15(2)14-8)7-16-5-3-4-9(16)6-12/h9H,3-7H2,1-2H3. The zero-order valence-corrected chi connectivity index (χ0v) is 12.1. The molecule has 16 heavy (non-hydrogen) atoms. The van der Waals surface area contributed by atoms with Crippen molar-refractivity contribution in [2.45, 2.75) is 32.4 Å². The molecule has 0 saturated carbocycles. The first kappa shape index (κ1) is 12.4. The Morgan fingerprint density at radius 2 is 2.31 bits per heavy atom.